The largest absolute Gasteiger partial charge is 0.416 e. The summed E-state index contributed by atoms with van der Waals surface area (Å²) in [5, 5.41) is 0. The quantitative estimate of drug-likeness (QED) is 0.762. The number of aryl methyl sites for hydroxylation is 1. The molecule has 0 radical (unpaired) electrons. The van der Waals surface area contributed by atoms with Gasteiger partial charge in [-0.1, -0.05) is 6.07 Å². The highest BCUT2D eigenvalue weighted by atomic mass is 35.5. The molecule has 1 aliphatic heterocycles. The van der Waals surface area contributed by atoms with Crippen LogP contribution in [0.4, 0.5) is 18.9 Å². The highest BCUT2D eigenvalue weighted by Gasteiger charge is 2.34. The van der Waals surface area contributed by atoms with E-state index in [1.54, 1.807) is 6.92 Å². The Kier molecular flexibility index (Phi) is 3.76. The van der Waals surface area contributed by atoms with Crippen molar-refractivity contribution in [3.05, 3.63) is 29.3 Å². The van der Waals surface area contributed by atoms with Gasteiger partial charge < -0.3 is 4.90 Å². The lowest BCUT2D eigenvalue weighted by molar-refractivity contribution is -0.137. The van der Waals surface area contributed by atoms with E-state index < -0.39 is 11.7 Å². The third-order valence-corrected chi connectivity index (χ3v) is 3.69. The Morgan fingerprint density at radius 2 is 2.11 bits per heavy atom. The topological polar surface area (TPSA) is 20.3 Å². The van der Waals surface area contributed by atoms with Crippen molar-refractivity contribution in [2.24, 2.45) is 5.92 Å². The van der Waals surface area contributed by atoms with Crippen molar-refractivity contribution in [1.82, 2.24) is 0 Å². The maximum absolute atomic E-state index is 12.7. The number of halogens is 4. The van der Waals surface area contributed by atoms with Gasteiger partial charge >= 0.3 is 6.18 Å². The lowest BCUT2D eigenvalue weighted by Gasteiger charge is -2.20. The van der Waals surface area contributed by atoms with E-state index in [1.807, 2.05) is 0 Å². The molecule has 1 saturated heterocycles. The van der Waals surface area contributed by atoms with Gasteiger partial charge in [0.2, 0.25) is 5.91 Å². The monoisotopic (exact) mass is 291 g/mol. The first-order valence-corrected chi connectivity index (χ1v) is 6.40. The van der Waals surface area contributed by atoms with E-state index in [9.17, 15) is 18.0 Å². The molecule has 1 aromatic carbocycles. The molecular weight excluding hydrogens is 279 g/mol. The Labute approximate surface area is 114 Å². The van der Waals surface area contributed by atoms with Crippen LogP contribution < -0.4 is 4.90 Å². The number of nitrogens with zero attached hydrogens (tertiary/aromatic N) is 1. The third-order valence-electron chi connectivity index (χ3n) is 3.25. The van der Waals surface area contributed by atoms with E-state index in [4.69, 9.17) is 11.6 Å². The van der Waals surface area contributed by atoms with Crippen molar-refractivity contribution in [3.63, 3.8) is 0 Å². The fraction of sp³-hybridized carbons (Fsp3) is 0.462. The lowest BCUT2D eigenvalue weighted by Crippen LogP contribution is -2.26. The van der Waals surface area contributed by atoms with Gasteiger partial charge in [0.05, 0.1) is 5.56 Å². The van der Waals surface area contributed by atoms with Gasteiger partial charge in [-0.05, 0) is 30.5 Å². The summed E-state index contributed by atoms with van der Waals surface area (Å²) in [5.41, 5.74) is 0.235. The number of benzene rings is 1. The molecule has 1 atom stereocenters. The Hall–Kier alpha value is -1.23. The van der Waals surface area contributed by atoms with E-state index in [0.29, 0.717) is 30.1 Å². The number of carbonyl (C=O) groups is 1. The predicted molar refractivity (Wildman–Crippen MR) is 67.4 cm³/mol. The maximum Gasteiger partial charge on any atom is 0.416 e. The van der Waals surface area contributed by atoms with Crippen molar-refractivity contribution in [2.75, 3.05) is 17.3 Å². The summed E-state index contributed by atoms with van der Waals surface area (Å²) in [7, 11) is 0. The van der Waals surface area contributed by atoms with Crippen LogP contribution in [0.3, 0.4) is 0 Å². The van der Waals surface area contributed by atoms with Gasteiger partial charge in [-0.2, -0.15) is 13.2 Å². The first-order valence-electron chi connectivity index (χ1n) is 5.87. The fourth-order valence-electron chi connectivity index (χ4n) is 2.19. The van der Waals surface area contributed by atoms with Crippen LogP contribution in [0.1, 0.15) is 17.5 Å². The van der Waals surface area contributed by atoms with Gasteiger partial charge in [0.25, 0.3) is 0 Å². The normalized spacial score (nSPS) is 20.2. The number of rotatable bonds is 2. The molecule has 0 bridgehead atoms. The van der Waals surface area contributed by atoms with E-state index >= 15 is 0 Å². The molecule has 2 rings (SSSR count). The Bertz CT molecular complexity index is 501. The van der Waals surface area contributed by atoms with E-state index in [1.165, 1.54) is 11.0 Å². The third kappa shape index (κ3) is 2.86. The molecule has 1 aliphatic rings. The van der Waals surface area contributed by atoms with Gasteiger partial charge in [0.1, 0.15) is 0 Å². The summed E-state index contributed by atoms with van der Waals surface area (Å²) in [5.74, 6) is 0.163. The lowest BCUT2D eigenvalue weighted by atomic mass is 10.1. The van der Waals surface area contributed by atoms with Crippen LogP contribution in [-0.2, 0) is 11.0 Å². The SMILES string of the molecule is Cc1ccc(C(F)(F)F)cc1N1CC(CCl)CC1=O. The zero-order chi connectivity index (χ0) is 14.2. The van der Waals surface area contributed by atoms with Gasteiger partial charge in [-0.3, -0.25) is 4.79 Å². The van der Waals surface area contributed by atoms with Crippen molar-refractivity contribution in [1.29, 1.82) is 0 Å². The number of amides is 1. The molecule has 0 aromatic heterocycles. The summed E-state index contributed by atoms with van der Waals surface area (Å²) in [6.45, 7) is 2.07. The minimum atomic E-state index is -4.41. The molecule has 1 amide bonds. The summed E-state index contributed by atoms with van der Waals surface area (Å²) >= 11 is 5.71. The Morgan fingerprint density at radius 1 is 1.42 bits per heavy atom. The van der Waals surface area contributed by atoms with E-state index in [2.05, 4.69) is 0 Å². The first kappa shape index (κ1) is 14.2. The molecule has 1 fully saturated rings. The molecule has 2 nitrogen and oxygen atoms in total. The molecular formula is C13H13ClF3NO. The highest BCUT2D eigenvalue weighted by molar-refractivity contribution is 6.18. The summed E-state index contributed by atoms with van der Waals surface area (Å²) in [6.07, 6.45) is -4.11. The fourth-order valence-corrected chi connectivity index (χ4v) is 2.40. The smallest absolute Gasteiger partial charge is 0.312 e. The Morgan fingerprint density at radius 3 is 2.63 bits per heavy atom. The van der Waals surface area contributed by atoms with Crippen LogP contribution in [0.25, 0.3) is 0 Å². The van der Waals surface area contributed by atoms with E-state index in [-0.39, 0.29) is 11.8 Å². The maximum atomic E-state index is 12.7. The van der Waals surface area contributed by atoms with Gasteiger partial charge in [-0.15, -0.1) is 11.6 Å². The van der Waals surface area contributed by atoms with Crippen LogP contribution in [0.15, 0.2) is 18.2 Å². The standard InChI is InChI=1S/C13H13ClF3NO/c1-8-2-3-10(13(15,16)17)5-11(8)18-7-9(6-14)4-12(18)19/h2-3,5,9H,4,6-7H2,1H3. The number of anilines is 1. The van der Waals surface area contributed by atoms with Crippen LogP contribution in [0.2, 0.25) is 0 Å². The second kappa shape index (κ2) is 5.04. The average molecular weight is 292 g/mol. The second-order valence-corrected chi connectivity index (χ2v) is 5.04. The van der Waals surface area contributed by atoms with Crippen LogP contribution in [-0.4, -0.2) is 18.3 Å². The molecule has 0 aliphatic carbocycles. The van der Waals surface area contributed by atoms with Crippen molar-refractivity contribution >= 4 is 23.2 Å². The Balaban J connectivity index is 2.37. The molecule has 104 valence electrons. The highest BCUT2D eigenvalue weighted by Crippen LogP contribution is 2.35. The molecule has 0 saturated carbocycles. The van der Waals surface area contributed by atoms with Crippen LogP contribution >= 0.6 is 11.6 Å². The zero-order valence-corrected chi connectivity index (χ0v) is 11.1. The van der Waals surface area contributed by atoms with Crippen molar-refractivity contribution in [3.8, 4) is 0 Å². The number of hydrogen-bond donors (Lipinski definition) is 0. The molecule has 1 unspecified atom stereocenters. The van der Waals surface area contributed by atoms with Crippen molar-refractivity contribution < 1.29 is 18.0 Å². The van der Waals surface area contributed by atoms with Crippen LogP contribution in [0, 0.1) is 12.8 Å². The number of hydrogen-bond acceptors (Lipinski definition) is 1. The zero-order valence-electron chi connectivity index (χ0n) is 10.3. The molecule has 19 heavy (non-hydrogen) atoms. The average Bonchev–Trinajstić information content (AvgIpc) is 2.69. The van der Waals surface area contributed by atoms with Crippen molar-refractivity contribution in [2.45, 2.75) is 19.5 Å². The minimum Gasteiger partial charge on any atom is -0.312 e. The second-order valence-electron chi connectivity index (χ2n) is 4.73. The first-order chi connectivity index (χ1) is 8.82. The van der Waals surface area contributed by atoms with Gasteiger partial charge in [0, 0.05) is 24.5 Å². The number of alkyl halides is 4. The molecule has 0 N–H and O–H groups in total. The molecule has 6 heteroatoms. The van der Waals surface area contributed by atoms with Crippen LogP contribution in [0.5, 0.6) is 0 Å². The van der Waals surface area contributed by atoms with Gasteiger partial charge in [0.15, 0.2) is 0 Å². The molecule has 1 aromatic rings. The number of carbonyl (C=O) groups excluding carboxylic acids is 1. The minimum absolute atomic E-state index is 0.00288. The summed E-state index contributed by atoms with van der Waals surface area (Å²) < 4.78 is 38.1. The predicted octanol–water partition coefficient (Wildman–Crippen LogP) is 3.61. The molecule has 0 spiro atoms. The van der Waals surface area contributed by atoms with Gasteiger partial charge in [-0.25, -0.2) is 0 Å². The molecule has 1 heterocycles. The summed E-state index contributed by atoms with van der Waals surface area (Å²) in [6, 6.07) is 3.45. The summed E-state index contributed by atoms with van der Waals surface area (Å²) in [4.78, 5) is 13.2. The van der Waals surface area contributed by atoms with E-state index in [0.717, 1.165) is 12.1 Å².